The third-order valence-corrected chi connectivity index (χ3v) is 3.32. The van der Waals surface area contributed by atoms with Crippen LogP contribution in [-0.2, 0) is 10.2 Å². The van der Waals surface area contributed by atoms with Crippen molar-refractivity contribution in [2.75, 3.05) is 18.1 Å². The molecule has 0 aromatic rings. The van der Waals surface area contributed by atoms with Crippen LogP contribution < -0.4 is 0 Å². The molecule has 72 valence electrons. The second-order valence-electron chi connectivity index (χ2n) is 1.65. The van der Waals surface area contributed by atoms with Crippen molar-refractivity contribution < 1.29 is 9.66 Å². The molecule has 4 heteroatoms. The molecule has 12 heavy (non-hydrogen) atoms. The summed E-state index contributed by atoms with van der Waals surface area (Å²) in [6.07, 6.45) is 3.40. The van der Waals surface area contributed by atoms with Crippen LogP contribution in [0.5, 0.6) is 0 Å². The molecule has 0 rings (SSSR count). The van der Waals surface area contributed by atoms with Crippen molar-refractivity contribution >= 4 is 21.0 Å². The van der Waals surface area contributed by atoms with E-state index in [2.05, 4.69) is 13.2 Å². The Kier molecular flexibility index (Phi) is 16.7. The molecule has 1 atom stereocenters. The average molecular weight is 208 g/mol. The molecule has 0 aromatic carbocycles. The lowest BCUT2D eigenvalue weighted by Crippen LogP contribution is -1.97. The molecule has 0 amide bonds. The predicted octanol–water partition coefficient (Wildman–Crippen LogP) is 1.75. The molecule has 0 saturated carbocycles. The van der Waals surface area contributed by atoms with E-state index >= 15 is 0 Å². The van der Waals surface area contributed by atoms with Crippen LogP contribution in [0.25, 0.3) is 0 Å². The largest absolute Gasteiger partial charge is 0.605 e. The zero-order valence-corrected chi connectivity index (χ0v) is 9.00. The van der Waals surface area contributed by atoms with Gasteiger partial charge in [-0.25, -0.2) is 0 Å². The monoisotopic (exact) mass is 208 g/mol. The zero-order valence-electron chi connectivity index (χ0n) is 7.36. The van der Waals surface area contributed by atoms with Gasteiger partial charge in [-0.3, -0.25) is 0 Å². The summed E-state index contributed by atoms with van der Waals surface area (Å²) in [4.78, 5) is 0. The minimum atomic E-state index is -0.793. The van der Waals surface area contributed by atoms with Crippen LogP contribution in [0, 0.1) is 0 Å². The first-order chi connectivity index (χ1) is 5.72. The van der Waals surface area contributed by atoms with Crippen molar-refractivity contribution in [1.82, 2.24) is 0 Å². The van der Waals surface area contributed by atoms with Crippen molar-refractivity contribution in [3.8, 4) is 0 Å². The van der Waals surface area contributed by atoms with E-state index in [1.807, 2.05) is 0 Å². The summed E-state index contributed by atoms with van der Waals surface area (Å²) < 4.78 is 10.8. The fourth-order valence-electron chi connectivity index (χ4n) is 0.268. The van der Waals surface area contributed by atoms with E-state index in [0.29, 0.717) is 5.75 Å². The maximum Gasteiger partial charge on any atom is 0.135 e. The Hall–Kier alpha value is 0.1000. The fraction of sp³-hybridized carbons (Fsp3) is 0.500. The molecule has 0 aromatic heterocycles. The van der Waals surface area contributed by atoms with Gasteiger partial charge in [-0.05, 0) is 13.0 Å². The SMILES string of the molecule is C=CCS[S+]([O-])CC=C.CCO. The lowest BCUT2D eigenvalue weighted by atomic mass is 10.8. The van der Waals surface area contributed by atoms with Gasteiger partial charge in [-0.1, -0.05) is 12.7 Å². The van der Waals surface area contributed by atoms with Crippen molar-refractivity contribution in [2.24, 2.45) is 0 Å². The van der Waals surface area contributed by atoms with Crippen LogP contribution in [0.3, 0.4) is 0 Å². The maximum atomic E-state index is 10.8. The Morgan fingerprint density at radius 2 is 2.00 bits per heavy atom. The standard InChI is InChI=1S/C6H10OS2.C2H6O/c1-3-5-8-9(7)6-4-2;1-2-3/h3-4H,1-2,5-6H2;3H,2H2,1H3. The van der Waals surface area contributed by atoms with Crippen molar-refractivity contribution in [3.63, 3.8) is 0 Å². The van der Waals surface area contributed by atoms with Gasteiger partial charge in [0, 0.05) is 16.8 Å². The number of hydrogen-bond acceptors (Lipinski definition) is 3. The lowest BCUT2D eigenvalue weighted by molar-refractivity contribution is 0.318. The molecular formula is C8H16O2S2. The minimum absolute atomic E-state index is 0.250. The minimum Gasteiger partial charge on any atom is -0.605 e. The van der Waals surface area contributed by atoms with Gasteiger partial charge in [-0.2, -0.15) is 0 Å². The highest BCUT2D eigenvalue weighted by Gasteiger charge is 2.01. The van der Waals surface area contributed by atoms with Crippen LogP contribution in [0.2, 0.25) is 0 Å². The molecule has 0 aliphatic rings. The molecular weight excluding hydrogens is 192 g/mol. The predicted molar refractivity (Wildman–Crippen MR) is 58.6 cm³/mol. The lowest BCUT2D eigenvalue weighted by Gasteiger charge is -2.02. The van der Waals surface area contributed by atoms with Gasteiger partial charge in [-0.15, -0.1) is 6.58 Å². The van der Waals surface area contributed by atoms with Crippen LogP contribution in [0.1, 0.15) is 6.92 Å². The highest BCUT2D eigenvalue weighted by atomic mass is 33.1. The van der Waals surface area contributed by atoms with Gasteiger partial charge in [0.25, 0.3) is 0 Å². The Morgan fingerprint density at radius 1 is 1.50 bits per heavy atom. The molecule has 0 heterocycles. The summed E-state index contributed by atoms with van der Waals surface area (Å²) in [6, 6.07) is 0. The van der Waals surface area contributed by atoms with Crippen LogP contribution in [0.4, 0.5) is 0 Å². The molecule has 0 radical (unpaired) electrons. The van der Waals surface area contributed by atoms with E-state index in [4.69, 9.17) is 5.11 Å². The fourth-order valence-corrected chi connectivity index (χ4v) is 2.13. The van der Waals surface area contributed by atoms with E-state index in [0.717, 1.165) is 5.75 Å². The van der Waals surface area contributed by atoms with Crippen molar-refractivity contribution in [2.45, 2.75) is 6.92 Å². The molecule has 0 aliphatic heterocycles. The summed E-state index contributed by atoms with van der Waals surface area (Å²) in [7, 11) is 0.591. The second kappa shape index (κ2) is 13.7. The Morgan fingerprint density at radius 3 is 2.33 bits per heavy atom. The van der Waals surface area contributed by atoms with E-state index < -0.39 is 10.2 Å². The summed E-state index contributed by atoms with van der Waals surface area (Å²) in [5.41, 5.74) is 0. The summed E-state index contributed by atoms with van der Waals surface area (Å²) in [5, 5.41) is 7.57. The molecule has 0 fully saturated rings. The zero-order chi connectivity index (χ0) is 9.82. The Bertz CT molecular complexity index is 107. The first kappa shape index (κ1) is 14.6. The van der Waals surface area contributed by atoms with E-state index in [-0.39, 0.29) is 6.61 Å². The molecule has 2 nitrogen and oxygen atoms in total. The maximum absolute atomic E-state index is 10.8. The van der Waals surface area contributed by atoms with Crippen LogP contribution in [-0.4, -0.2) is 27.8 Å². The topological polar surface area (TPSA) is 43.3 Å². The van der Waals surface area contributed by atoms with Crippen molar-refractivity contribution in [1.29, 1.82) is 0 Å². The number of aliphatic hydroxyl groups excluding tert-OH is 1. The van der Waals surface area contributed by atoms with E-state index in [1.54, 1.807) is 19.1 Å². The third kappa shape index (κ3) is 16.6. The Balaban J connectivity index is 0. The second-order valence-corrected chi connectivity index (χ2v) is 4.98. The van der Waals surface area contributed by atoms with Crippen molar-refractivity contribution in [3.05, 3.63) is 25.3 Å². The average Bonchev–Trinajstić information content (AvgIpc) is 2.03. The van der Waals surface area contributed by atoms with Gasteiger partial charge in [0.05, 0.1) is 16.5 Å². The molecule has 0 spiro atoms. The molecule has 1 N–H and O–H groups in total. The summed E-state index contributed by atoms with van der Waals surface area (Å²) in [6.45, 7) is 8.92. The highest BCUT2D eigenvalue weighted by molar-refractivity contribution is 8.72. The normalized spacial score (nSPS) is 10.9. The third-order valence-electron chi connectivity index (χ3n) is 0.571. The molecule has 0 bridgehead atoms. The molecule has 0 aliphatic carbocycles. The van der Waals surface area contributed by atoms with Gasteiger partial charge >= 0.3 is 0 Å². The smallest absolute Gasteiger partial charge is 0.135 e. The molecule has 1 unspecified atom stereocenters. The first-order valence-corrected chi connectivity index (χ1v) is 6.39. The van der Waals surface area contributed by atoms with E-state index in [1.165, 1.54) is 10.8 Å². The van der Waals surface area contributed by atoms with E-state index in [9.17, 15) is 4.55 Å². The number of rotatable bonds is 5. The first-order valence-electron chi connectivity index (χ1n) is 3.57. The van der Waals surface area contributed by atoms with Crippen LogP contribution >= 0.6 is 10.8 Å². The van der Waals surface area contributed by atoms with Gasteiger partial charge in [0.2, 0.25) is 0 Å². The summed E-state index contributed by atoms with van der Waals surface area (Å²) >= 11 is 0. The van der Waals surface area contributed by atoms with Gasteiger partial charge < -0.3 is 9.66 Å². The quantitative estimate of drug-likeness (QED) is 0.425. The number of hydrogen-bond donors (Lipinski definition) is 1. The van der Waals surface area contributed by atoms with Gasteiger partial charge in [0.15, 0.2) is 0 Å². The van der Waals surface area contributed by atoms with Crippen LogP contribution in [0.15, 0.2) is 25.3 Å². The van der Waals surface area contributed by atoms with Gasteiger partial charge in [0.1, 0.15) is 5.75 Å². The molecule has 0 saturated heterocycles. The highest BCUT2D eigenvalue weighted by Crippen LogP contribution is 2.12. The Labute approximate surface area is 81.3 Å². The number of aliphatic hydroxyl groups is 1. The summed E-state index contributed by atoms with van der Waals surface area (Å²) in [5.74, 6) is 1.32.